The molecule has 0 radical (unpaired) electrons. The molecule has 0 aliphatic carbocycles. The predicted molar refractivity (Wildman–Crippen MR) is 96.3 cm³/mol. The van der Waals surface area contributed by atoms with Crippen LogP contribution < -0.4 is 10.2 Å². The standard InChI is InChI=1S/C19H25N3O3/c1-14(23)20-16-6-8-17(9-7-16)22-13-15(12-18(22)24)19(25)21-10-4-2-3-5-11-21/h6-9,15H,2-5,10-13H2,1H3,(H,20,23)/t15-/m1/s1. The van der Waals surface area contributed by atoms with E-state index in [9.17, 15) is 14.4 Å². The first-order valence-electron chi connectivity index (χ1n) is 9.01. The van der Waals surface area contributed by atoms with E-state index in [0.717, 1.165) is 31.6 Å². The zero-order valence-electron chi connectivity index (χ0n) is 14.7. The lowest BCUT2D eigenvalue weighted by Gasteiger charge is -2.24. The Morgan fingerprint density at radius 2 is 1.68 bits per heavy atom. The molecule has 3 amide bonds. The van der Waals surface area contributed by atoms with Crippen molar-refractivity contribution in [3.05, 3.63) is 24.3 Å². The van der Waals surface area contributed by atoms with Crippen LogP contribution in [-0.2, 0) is 14.4 Å². The van der Waals surface area contributed by atoms with E-state index in [1.165, 1.54) is 19.8 Å². The van der Waals surface area contributed by atoms with Crippen molar-refractivity contribution in [3.63, 3.8) is 0 Å². The highest BCUT2D eigenvalue weighted by Crippen LogP contribution is 2.28. The molecule has 1 N–H and O–H groups in total. The monoisotopic (exact) mass is 343 g/mol. The maximum Gasteiger partial charge on any atom is 0.228 e. The van der Waals surface area contributed by atoms with Crippen LogP contribution in [0.1, 0.15) is 39.0 Å². The fourth-order valence-corrected chi connectivity index (χ4v) is 3.60. The maximum absolute atomic E-state index is 12.8. The molecular weight excluding hydrogens is 318 g/mol. The first-order chi connectivity index (χ1) is 12.0. The lowest BCUT2D eigenvalue weighted by atomic mass is 10.1. The molecule has 134 valence electrons. The minimum atomic E-state index is -0.249. The van der Waals surface area contributed by atoms with Gasteiger partial charge in [0.25, 0.3) is 0 Å². The molecular formula is C19H25N3O3. The Kier molecular flexibility index (Phi) is 5.36. The Morgan fingerprint density at radius 1 is 1.04 bits per heavy atom. The van der Waals surface area contributed by atoms with E-state index in [0.29, 0.717) is 12.2 Å². The smallest absolute Gasteiger partial charge is 0.228 e. The number of carbonyl (C=O) groups is 3. The van der Waals surface area contributed by atoms with Crippen molar-refractivity contribution in [2.45, 2.75) is 39.0 Å². The minimum Gasteiger partial charge on any atom is -0.342 e. The molecule has 1 aromatic carbocycles. The molecule has 2 fully saturated rings. The van der Waals surface area contributed by atoms with Gasteiger partial charge in [-0.15, -0.1) is 0 Å². The van der Waals surface area contributed by atoms with Crippen molar-refractivity contribution < 1.29 is 14.4 Å². The summed E-state index contributed by atoms with van der Waals surface area (Å²) < 4.78 is 0. The van der Waals surface area contributed by atoms with E-state index < -0.39 is 0 Å². The van der Waals surface area contributed by atoms with Gasteiger partial charge < -0.3 is 15.1 Å². The Bertz CT molecular complexity index is 648. The predicted octanol–water partition coefficient (Wildman–Crippen LogP) is 2.40. The number of benzene rings is 1. The molecule has 2 saturated heterocycles. The molecule has 6 heteroatoms. The van der Waals surface area contributed by atoms with Gasteiger partial charge in [0, 0.05) is 44.4 Å². The van der Waals surface area contributed by atoms with Crippen molar-refractivity contribution in [2.24, 2.45) is 5.92 Å². The van der Waals surface area contributed by atoms with E-state index in [1.807, 2.05) is 17.0 Å². The van der Waals surface area contributed by atoms with Crippen molar-refractivity contribution in [1.82, 2.24) is 4.90 Å². The molecule has 25 heavy (non-hydrogen) atoms. The molecule has 2 aliphatic heterocycles. The highest BCUT2D eigenvalue weighted by Gasteiger charge is 2.37. The summed E-state index contributed by atoms with van der Waals surface area (Å²) in [5.74, 6) is -0.276. The number of carbonyl (C=O) groups excluding carboxylic acids is 3. The van der Waals surface area contributed by atoms with Crippen LogP contribution in [0.2, 0.25) is 0 Å². The summed E-state index contributed by atoms with van der Waals surface area (Å²) in [5, 5.41) is 2.71. The number of likely N-dealkylation sites (tertiary alicyclic amines) is 1. The topological polar surface area (TPSA) is 69.7 Å². The third-order valence-electron chi connectivity index (χ3n) is 4.89. The lowest BCUT2D eigenvalue weighted by Crippen LogP contribution is -2.38. The van der Waals surface area contributed by atoms with Gasteiger partial charge in [-0.1, -0.05) is 12.8 Å². The third-order valence-corrected chi connectivity index (χ3v) is 4.89. The molecule has 3 rings (SSSR count). The Hall–Kier alpha value is -2.37. The maximum atomic E-state index is 12.8. The summed E-state index contributed by atoms with van der Waals surface area (Å²) in [6, 6.07) is 7.16. The van der Waals surface area contributed by atoms with Gasteiger partial charge in [0.15, 0.2) is 0 Å². The minimum absolute atomic E-state index is 0.0135. The van der Waals surface area contributed by atoms with Gasteiger partial charge in [-0.05, 0) is 37.1 Å². The van der Waals surface area contributed by atoms with Gasteiger partial charge in [0.1, 0.15) is 0 Å². The average Bonchev–Trinajstić information content (AvgIpc) is 2.80. The summed E-state index contributed by atoms with van der Waals surface area (Å²) in [6.07, 6.45) is 4.75. The van der Waals surface area contributed by atoms with Gasteiger partial charge in [-0.25, -0.2) is 0 Å². The van der Waals surface area contributed by atoms with Crippen LogP contribution in [0.25, 0.3) is 0 Å². The molecule has 1 atom stereocenters. The Labute approximate surface area is 148 Å². The molecule has 0 spiro atoms. The van der Waals surface area contributed by atoms with Gasteiger partial charge in [0.2, 0.25) is 17.7 Å². The van der Waals surface area contributed by atoms with Crippen LogP contribution in [0.3, 0.4) is 0 Å². The third kappa shape index (κ3) is 4.18. The molecule has 0 bridgehead atoms. The molecule has 1 aromatic rings. The zero-order valence-corrected chi connectivity index (χ0v) is 14.7. The van der Waals surface area contributed by atoms with Gasteiger partial charge in [0.05, 0.1) is 5.92 Å². The van der Waals surface area contributed by atoms with Crippen LogP contribution in [0.5, 0.6) is 0 Å². The van der Waals surface area contributed by atoms with Crippen LogP contribution in [0.15, 0.2) is 24.3 Å². The lowest BCUT2D eigenvalue weighted by molar-refractivity contribution is -0.135. The second-order valence-electron chi connectivity index (χ2n) is 6.87. The first kappa shape index (κ1) is 17.5. The zero-order chi connectivity index (χ0) is 17.8. The fraction of sp³-hybridized carbons (Fsp3) is 0.526. The highest BCUT2D eigenvalue weighted by atomic mass is 16.2. The SMILES string of the molecule is CC(=O)Nc1ccc(N2C[C@H](C(=O)N3CCCCCC3)CC2=O)cc1. The van der Waals surface area contributed by atoms with Gasteiger partial charge >= 0.3 is 0 Å². The van der Waals surface area contributed by atoms with Crippen molar-refractivity contribution in [1.29, 1.82) is 0 Å². The van der Waals surface area contributed by atoms with E-state index >= 15 is 0 Å². The molecule has 0 unspecified atom stereocenters. The van der Waals surface area contributed by atoms with E-state index in [-0.39, 0.29) is 30.1 Å². The van der Waals surface area contributed by atoms with Crippen LogP contribution in [0.4, 0.5) is 11.4 Å². The van der Waals surface area contributed by atoms with Crippen molar-refractivity contribution in [2.75, 3.05) is 29.9 Å². The summed E-state index contributed by atoms with van der Waals surface area (Å²) >= 11 is 0. The first-order valence-corrected chi connectivity index (χ1v) is 9.01. The Morgan fingerprint density at radius 3 is 2.28 bits per heavy atom. The van der Waals surface area contributed by atoms with Crippen molar-refractivity contribution >= 4 is 29.1 Å². The largest absolute Gasteiger partial charge is 0.342 e. The van der Waals surface area contributed by atoms with Crippen molar-refractivity contribution in [3.8, 4) is 0 Å². The molecule has 2 heterocycles. The summed E-state index contributed by atoms with van der Waals surface area (Å²) in [4.78, 5) is 39.8. The number of nitrogens with one attached hydrogen (secondary N) is 1. The molecule has 2 aliphatic rings. The number of hydrogen-bond acceptors (Lipinski definition) is 3. The van der Waals surface area contributed by atoms with E-state index in [4.69, 9.17) is 0 Å². The Balaban J connectivity index is 1.65. The number of hydrogen-bond donors (Lipinski definition) is 1. The number of anilines is 2. The second-order valence-corrected chi connectivity index (χ2v) is 6.87. The van der Waals surface area contributed by atoms with E-state index in [2.05, 4.69) is 5.32 Å². The molecule has 0 saturated carbocycles. The number of rotatable bonds is 3. The normalized spacial score (nSPS) is 21.2. The second kappa shape index (κ2) is 7.68. The average molecular weight is 343 g/mol. The number of nitrogens with zero attached hydrogens (tertiary/aromatic N) is 2. The summed E-state index contributed by atoms with van der Waals surface area (Å²) in [7, 11) is 0. The summed E-state index contributed by atoms with van der Waals surface area (Å²) in [5.41, 5.74) is 1.46. The van der Waals surface area contributed by atoms with Gasteiger partial charge in [-0.3, -0.25) is 14.4 Å². The van der Waals surface area contributed by atoms with Crippen LogP contribution in [-0.4, -0.2) is 42.3 Å². The van der Waals surface area contributed by atoms with Crippen LogP contribution >= 0.6 is 0 Å². The summed E-state index contributed by atoms with van der Waals surface area (Å²) in [6.45, 7) is 3.52. The quantitative estimate of drug-likeness (QED) is 0.916. The van der Waals surface area contributed by atoms with Gasteiger partial charge in [-0.2, -0.15) is 0 Å². The fourth-order valence-electron chi connectivity index (χ4n) is 3.60. The van der Waals surface area contributed by atoms with E-state index in [1.54, 1.807) is 17.0 Å². The number of amides is 3. The highest BCUT2D eigenvalue weighted by molar-refractivity contribution is 6.00. The van der Waals surface area contributed by atoms with Crippen LogP contribution in [0, 0.1) is 5.92 Å². The molecule has 6 nitrogen and oxygen atoms in total. The molecule has 0 aromatic heterocycles.